The van der Waals surface area contributed by atoms with Gasteiger partial charge in [0.1, 0.15) is 35.6 Å². The lowest BCUT2D eigenvalue weighted by molar-refractivity contribution is -0.0874. The molecule has 0 aromatic heterocycles. The molecule has 6 nitrogen and oxygen atoms in total. The van der Waals surface area contributed by atoms with Crippen LogP contribution in [0.15, 0.2) is 48.5 Å². The van der Waals surface area contributed by atoms with Crippen molar-refractivity contribution in [3.63, 3.8) is 0 Å². The average molecular weight is 375 g/mol. The molecule has 1 saturated carbocycles. The predicted molar refractivity (Wildman–Crippen MR) is 96.3 cm³/mol. The van der Waals surface area contributed by atoms with Crippen molar-refractivity contribution in [2.45, 2.75) is 37.2 Å². The number of halogens is 1. The van der Waals surface area contributed by atoms with Gasteiger partial charge in [-0.2, -0.15) is 0 Å². The maximum Gasteiger partial charge on any atom is 0.251 e. The quantitative estimate of drug-likeness (QED) is 0.743. The van der Waals surface area contributed by atoms with Crippen molar-refractivity contribution in [3.8, 4) is 11.5 Å². The first kappa shape index (κ1) is 19.1. The number of carbonyl (C=O) groups is 1. The third kappa shape index (κ3) is 4.56. The zero-order valence-electron chi connectivity index (χ0n) is 14.8. The van der Waals surface area contributed by atoms with Gasteiger partial charge in [-0.05, 0) is 43.2 Å². The van der Waals surface area contributed by atoms with E-state index in [1.807, 2.05) is 0 Å². The second kappa shape index (κ2) is 8.37. The molecule has 0 heterocycles. The Morgan fingerprint density at radius 3 is 2.56 bits per heavy atom. The van der Waals surface area contributed by atoms with Crippen LogP contribution in [0.3, 0.4) is 0 Å². The number of nitrogens with one attached hydrogen (secondary N) is 1. The van der Waals surface area contributed by atoms with Crippen LogP contribution in [0.25, 0.3) is 0 Å². The van der Waals surface area contributed by atoms with Crippen LogP contribution in [0.2, 0.25) is 0 Å². The molecule has 144 valence electrons. The van der Waals surface area contributed by atoms with Crippen LogP contribution in [0.4, 0.5) is 4.39 Å². The molecule has 4 atom stereocenters. The molecule has 0 radical (unpaired) electrons. The SMILES string of the molecule is COc1cccc(C(=O)N[C@@H]2CC[C@@H](Oc3cccc(F)c3)[C@@H](O)[C@@H]2O)c1. The minimum Gasteiger partial charge on any atom is -0.497 e. The largest absolute Gasteiger partial charge is 0.497 e. The van der Waals surface area contributed by atoms with Crippen LogP contribution >= 0.6 is 0 Å². The van der Waals surface area contributed by atoms with Crippen LogP contribution in [0.1, 0.15) is 23.2 Å². The smallest absolute Gasteiger partial charge is 0.251 e. The van der Waals surface area contributed by atoms with E-state index in [0.717, 1.165) is 0 Å². The number of rotatable bonds is 5. The zero-order chi connectivity index (χ0) is 19.4. The number of aliphatic hydroxyl groups excluding tert-OH is 2. The standard InChI is InChI=1S/C20H22FNO5/c1-26-14-6-2-4-12(10-14)20(25)22-16-8-9-17(19(24)18(16)23)27-15-7-3-5-13(21)11-15/h2-7,10-11,16-19,23-24H,8-9H2,1H3,(H,22,25)/t16-,17-,18-,19-/m1/s1. The number of carbonyl (C=O) groups excluding carboxylic acids is 1. The van der Waals surface area contributed by atoms with Gasteiger partial charge in [-0.15, -0.1) is 0 Å². The number of methoxy groups -OCH3 is 1. The van der Waals surface area contributed by atoms with Crippen LogP contribution in [0, 0.1) is 5.82 Å². The number of aliphatic hydroxyl groups is 2. The van der Waals surface area contributed by atoms with Crippen molar-refractivity contribution < 1.29 is 28.9 Å². The molecule has 0 bridgehead atoms. The Morgan fingerprint density at radius 2 is 1.81 bits per heavy atom. The van der Waals surface area contributed by atoms with E-state index in [1.54, 1.807) is 30.3 Å². The highest BCUT2D eigenvalue weighted by Gasteiger charge is 2.39. The molecule has 0 spiro atoms. The summed E-state index contributed by atoms with van der Waals surface area (Å²) in [7, 11) is 1.51. The van der Waals surface area contributed by atoms with E-state index in [4.69, 9.17) is 9.47 Å². The fourth-order valence-corrected chi connectivity index (χ4v) is 3.16. The summed E-state index contributed by atoms with van der Waals surface area (Å²) in [6, 6.07) is 11.6. The summed E-state index contributed by atoms with van der Waals surface area (Å²) in [5.41, 5.74) is 0.397. The van der Waals surface area contributed by atoms with Crippen LogP contribution in [0.5, 0.6) is 11.5 Å². The molecule has 1 aliphatic carbocycles. The van der Waals surface area contributed by atoms with Gasteiger partial charge in [0.25, 0.3) is 5.91 Å². The second-order valence-corrected chi connectivity index (χ2v) is 6.48. The van der Waals surface area contributed by atoms with Gasteiger partial charge in [0.15, 0.2) is 0 Å². The molecule has 0 saturated heterocycles. The lowest BCUT2D eigenvalue weighted by Crippen LogP contribution is -2.57. The third-order valence-corrected chi connectivity index (χ3v) is 4.64. The molecule has 2 aromatic rings. The molecule has 3 rings (SSSR count). The fraction of sp³-hybridized carbons (Fsp3) is 0.350. The monoisotopic (exact) mass is 375 g/mol. The summed E-state index contributed by atoms with van der Waals surface area (Å²) in [5.74, 6) is 0.0250. The fourth-order valence-electron chi connectivity index (χ4n) is 3.16. The number of amides is 1. The first-order valence-electron chi connectivity index (χ1n) is 8.71. The first-order valence-corrected chi connectivity index (χ1v) is 8.71. The molecular weight excluding hydrogens is 353 g/mol. The molecule has 1 fully saturated rings. The molecule has 1 amide bonds. The molecule has 3 N–H and O–H groups in total. The molecule has 1 aliphatic rings. The van der Waals surface area contributed by atoms with E-state index in [0.29, 0.717) is 24.2 Å². The van der Waals surface area contributed by atoms with Gasteiger partial charge in [-0.3, -0.25) is 4.79 Å². The van der Waals surface area contributed by atoms with Gasteiger partial charge >= 0.3 is 0 Å². The van der Waals surface area contributed by atoms with Crippen molar-refractivity contribution in [1.29, 1.82) is 0 Å². The van der Waals surface area contributed by atoms with Gasteiger partial charge in [-0.1, -0.05) is 12.1 Å². The van der Waals surface area contributed by atoms with E-state index in [1.165, 1.54) is 25.3 Å². The molecule has 27 heavy (non-hydrogen) atoms. The summed E-state index contributed by atoms with van der Waals surface area (Å²) >= 11 is 0. The highest BCUT2D eigenvalue weighted by molar-refractivity contribution is 5.94. The van der Waals surface area contributed by atoms with Gasteiger partial charge in [0, 0.05) is 11.6 Å². The predicted octanol–water partition coefficient (Wildman–Crippen LogP) is 1.90. The normalized spacial score (nSPS) is 24.9. The Bertz CT molecular complexity index is 799. The third-order valence-electron chi connectivity index (χ3n) is 4.64. The van der Waals surface area contributed by atoms with Gasteiger partial charge < -0.3 is 25.0 Å². The second-order valence-electron chi connectivity index (χ2n) is 6.48. The summed E-state index contributed by atoms with van der Waals surface area (Å²) < 4.78 is 24.0. The van der Waals surface area contributed by atoms with Gasteiger partial charge in [0.05, 0.1) is 13.2 Å². The molecule has 2 aromatic carbocycles. The van der Waals surface area contributed by atoms with Crippen molar-refractivity contribution in [1.82, 2.24) is 5.32 Å². The van der Waals surface area contributed by atoms with Crippen molar-refractivity contribution in [2.75, 3.05) is 7.11 Å². The Labute approximate surface area is 156 Å². The lowest BCUT2D eigenvalue weighted by Gasteiger charge is -2.37. The zero-order valence-corrected chi connectivity index (χ0v) is 14.8. The van der Waals surface area contributed by atoms with Crippen molar-refractivity contribution in [2.24, 2.45) is 0 Å². The molecule has 7 heteroatoms. The highest BCUT2D eigenvalue weighted by atomic mass is 19.1. The summed E-state index contributed by atoms with van der Waals surface area (Å²) in [4.78, 5) is 12.4. The van der Waals surface area contributed by atoms with E-state index in [-0.39, 0.29) is 11.7 Å². The van der Waals surface area contributed by atoms with Crippen LogP contribution < -0.4 is 14.8 Å². The van der Waals surface area contributed by atoms with E-state index >= 15 is 0 Å². The van der Waals surface area contributed by atoms with Gasteiger partial charge in [0.2, 0.25) is 0 Å². The minimum atomic E-state index is -1.21. The van der Waals surface area contributed by atoms with E-state index < -0.39 is 30.2 Å². The van der Waals surface area contributed by atoms with E-state index in [9.17, 15) is 19.4 Å². The number of ether oxygens (including phenoxy) is 2. The first-order chi connectivity index (χ1) is 13.0. The molecular formula is C20H22FNO5. The average Bonchev–Trinajstić information content (AvgIpc) is 2.67. The van der Waals surface area contributed by atoms with Crippen molar-refractivity contribution in [3.05, 3.63) is 59.9 Å². The lowest BCUT2D eigenvalue weighted by atomic mass is 9.87. The van der Waals surface area contributed by atoms with E-state index in [2.05, 4.69) is 5.32 Å². The summed E-state index contributed by atoms with van der Waals surface area (Å²) in [5, 5.41) is 23.5. The Morgan fingerprint density at radius 1 is 1.07 bits per heavy atom. The van der Waals surface area contributed by atoms with Gasteiger partial charge in [-0.25, -0.2) is 4.39 Å². The summed E-state index contributed by atoms with van der Waals surface area (Å²) in [6.45, 7) is 0. The Kier molecular flexibility index (Phi) is 5.93. The molecule has 0 unspecified atom stereocenters. The maximum absolute atomic E-state index is 13.3. The van der Waals surface area contributed by atoms with Crippen LogP contribution in [-0.2, 0) is 0 Å². The maximum atomic E-state index is 13.3. The number of hydrogen-bond donors (Lipinski definition) is 3. The topological polar surface area (TPSA) is 88.0 Å². The summed E-state index contributed by atoms with van der Waals surface area (Å²) in [6.07, 6.45) is -2.29. The highest BCUT2D eigenvalue weighted by Crippen LogP contribution is 2.25. The minimum absolute atomic E-state index is 0.283. The number of benzene rings is 2. The Hall–Kier alpha value is -2.64. The number of hydrogen-bond acceptors (Lipinski definition) is 5. The van der Waals surface area contributed by atoms with Crippen molar-refractivity contribution >= 4 is 5.91 Å². The Balaban J connectivity index is 1.62. The van der Waals surface area contributed by atoms with Crippen LogP contribution in [-0.4, -0.2) is 47.6 Å². The molecule has 0 aliphatic heterocycles.